The van der Waals surface area contributed by atoms with E-state index in [1.807, 2.05) is 0 Å². The summed E-state index contributed by atoms with van der Waals surface area (Å²) in [7, 11) is 0. The third-order valence-electron chi connectivity index (χ3n) is 9.22. The summed E-state index contributed by atoms with van der Waals surface area (Å²) < 4.78 is 278. The van der Waals surface area contributed by atoms with Crippen LogP contribution in [0.3, 0.4) is 0 Å². The lowest BCUT2D eigenvalue weighted by Gasteiger charge is -2.23. The highest BCUT2D eigenvalue weighted by atomic mass is 16.3. The van der Waals surface area contributed by atoms with Gasteiger partial charge in [-0.1, -0.05) is 153 Å². The molecule has 1 heteroatoms. The first-order valence-corrected chi connectivity index (χ1v) is 15.7. The van der Waals surface area contributed by atoms with Crippen molar-refractivity contribution in [1.82, 2.24) is 0 Å². The monoisotopic (exact) mass is 692 g/mol. The summed E-state index contributed by atoms with van der Waals surface area (Å²) >= 11 is 0. The number of benzene rings is 9. The van der Waals surface area contributed by atoms with Crippen LogP contribution < -0.4 is 0 Å². The molecular weight excluding hydrogens is 629 g/mol. The van der Waals surface area contributed by atoms with E-state index in [2.05, 4.69) is 0 Å². The summed E-state index contributed by atoms with van der Waals surface area (Å²) in [5.41, 5.74) is -9.85. The predicted octanol–water partition coefficient (Wildman–Crippen LogP) is 14.4. The molecule has 1 heterocycles. The van der Waals surface area contributed by atoms with Crippen molar-refractivity contribution in [2.75, 3.05) is 0 Å². The van der Waals surface area contributed by atoms with E-state index >= 15 is 0 Å². The van der Waals surface area contributed by atoms with Crippen molar-refractivity contribution >= 4 is 54.3 Å². The molecule has 0 saturated heterocycles. The zero-order chi connectivity index (χ0) is 60.5. The standard InChI is InChI=1S/C51H34O/c1-51(2)45-18-10-9-13-37(45)38-25-23-36(29-46(38)51)50-41-16-7-5-14-39(41)49(40-15-6-8-17-42(40)50)32-21-19-31(20-22-32)35-24-26-47-43(28-35)44-27-33-11-3-4-12-34(33)30-48(44)52-47/h3-30H,1-2H3/i1D3,3D,4D,5D,6D,7D,8D,9D,10D,11D,12D,13D,14D,15D,16D,17D,18D,19D,20D,21D,22D,23D,24D,26D,27D,28D,29D,30D. The van der Waals surface area contributed by atoms with E-state index in [9.17, 15) is 16.4 Å². The third-order valence-corrected chi connectivity index (χ3v) is 9.22. The van der Waals surface area contributed by atoms with Gasteiger partial charge in [0.2, 0.25) is 0 Å². The van der Waals surface area contributed by atoms with Crippen LogP contribution in [0, 0.1) is 0 Å². The summed E-state index contributed by atoms with van der Waals surface area (Å²) in [6.45, 7) is -2.14. The van der Waals surface area contributed by atoms with Crippen molar-refractivity contribution in [2.45, 2.75) is 19.2 Å². The van der Waals surface area contributed by atoms with Crippen LogP contribution in [0.4, 0.5) is 0 Å². The fourth-order valence-corrected chi connectivity index (χ4v) is 6.86. The minimum Gasteiger partial charge on any atom is -0.456 e. The number of fused-ring (bicyclic) bond motifs is 9. The zero-order valence-electron chi connectivity index (χ0n) is 56.5. The molecule has 0 saturated carbocycles. The van der Waals surface area contributed by atoms with Gasteiger partial charge in [-0.25, -0.2) is 0 Å². The van der Waals surface area contributed by atoms with Crippen LogP contribution in [-0.2, 0) is 5.41 Å². The van der Waals surface area contributed by atoms with Gasteiger partial charge in [0.1, 0.15) is 11.2 Å². The van der Waals surface area contributed by atoms with Gasteiger partial charge in [-0.2, -0.15) is 0 Å². The first-order valence-electron chi connectivity index (χ1n) is 30.7. The Morgan fingerprint density at radius 2 is 1.02 bits per heavy atom. The first-order chi connectivity index (χ1) is 38.0. The normalized spacial score (nSPS) is 23.6. The predicted molar refractivity (Wildman–Crippen MR) is 220 cm³/mol. The van der Waals surface area contributed by atoms with Gasteiger partial charge in [-0.15, -0.1) is 0 Å². The molecule has 11 rings (SSSR count). The molecule has 9 aromatic carbocycles. The second kappa shape index (κ2) is 10.8. The first kappa shape index (κ1) is 12.4. The third kappa shape index (κ3) is 4.17. The Morgan fingerprint density at radius 1 is 0.442 bits per heavy atom. The van der Waals surface area contributed by atoms with Gasteiger partial charge in [-0.05, 0) is 118 Å². The number of hydrogen-bond donors (Lipinski definition) is 0. The maximum Gasteiger partial charge on any atom is 0.136 e. The Morgan fingerprint density at radius 3 is 1.73 bits per heavy atom. The van der Waals surface area contributed by atoms with Gasteiger partial charge in [0, 0.05) is 20.3 Å². The summed E-state index contributed by atoms with van der Waals surface area (Å²) in [6, 6.07) is -23.1. The molecule has 0 bridgehead atoms. The van der Waals surface area contributed by atoms with E-state index in [-0.39, 0.29) is 11.1 Å². The quantitative estimate of drug-likeness (QED) is 0.168. The van der Waals surface area contributed by atoms with Crippen LogP contribution in [0.2, 0.25) is 0 Å². The Kier molecular flexibility index (Phi) is 2.56. The Labute approximate surface area is 344 Å². The molecule has 0 aliphatic heterocycles. The average Bonchev–Trinajstić information content (AvgIpc) is 1.89. The zero-order valence-corrected chi connectivity index (χ0v) is 26.5. The van der Waals surface area contributed by atoms with Crippen molar-refractivity contribution in [1.29, 1.82) is 0 Å². The van der Waals surface area contributed by atoms with E-state index in [1.54, 1.807) is 0 Å². The fraction of sp³-hybridized carbons (Fsp3) is 0.0588. The molecule has 0 N–H and O–H groups in total. The molecule has 244 valence electrons. The van der Waals surface area contributed by atoms with Crippen LogP contribution in [0.15, 0.2) is 174 Å². The molecule has 1 aliphatic rings. The molecule has 52 heavy (non-hydrogen) atoms. The minimum atomic E-state index is -3.24. The van der Waals surface area contributed by atoms with Gasteiger partial charge < -0.3 is 4.42 Å². The van der Waals surface area contributed by atoms with Crippen molar-refractivity contribution in [3.05, 3.63) is 180 Å². The Hall–Kier alpha value is -6.44. The molecule has 1 atom stereocenters. The Balaban J connectivity index is 1.30. The van der Waals surface area contributed by atoms with Gasteiger partial charge in [0.15, 0.2) is 0 Å². The molecule has 0 spiro atoms. The van der Waals surface area contributed by atoms with Gasteiger partial charge in [-0.3, -0.25) is 0 Å². The molecule has 0 radical (unpaired) electrons. The second-order valence-corrected chi connectivity index (χ2v) is 12.2. The lowest BCUT2D eigenvalue weighted by atomic mass is 9.80. The van der Waals surface area contributed by atoms with Crippen LogP contribution >= 0.6 is 0 Å². The maximum atomic E-state index is 9.95. The molecule has 1 unspecified atom stereocenters. The molecular formula is C51H34O. The molecule has 0 amide bonds. The van der Waals surface area contributed by atoms with Crippen molar-refractivity contribution in [3.63, 3.8) is 0 Å². The van der Waals surface area contributed by atoms with Crippen LogP contribution in [-0.4, -0.2) is 0 Å². The van der Waals surface area contributed by atoms with Gasteiger partial charge >= 0.3 is 0 Å². The fourth-order valence-electron chi connectivity index (χ4n) is 6.86. The van der Waals surface area contributed by atoms with Crippen LogP contribution in [0.25, 0.3) is 98.8 Å². The van der Waals surface area contributed by atoms with Gasteiger partial charge in [0.05, 0.1) is 37.0 Å². The molecule has 1 aliphatic carbocycles. The summed E-state index contributed by atoms with van der Waals surface area (Å²) in [6.07, 6.45) is 0. The second-order valence-electron chi connectivity index (χ2n) is 12.2. The summed E-state index contributed by atoms with van der Waals surface area (Å²) in [4.78, 5) is 0. The smallest absolute Gasteiger partial charge is 0.136 e. The van der Waals surface area contributed by atoms with Crippen LogP contribution in [0.1, 0.15) is 66.0 Å². The molecule has 1 aromatic heterocycles. The molecule has 10 aromatic rings. The number of furan rings is 1. The highest BCUT2D eigenvalue weighted by Crippen LogP contribution is 2.51. The largest absolute Gasteiger partial charge is 0.456 e. The van der Waals surface area contributed by atoms with Crippen LogP contribution in [0.5, 0.6) is 0 Å². The lowest BCUT2D eigenvalue weighted by Crippen LogP contribution is -2.14. The topological polar surface area (TPSA) is 13.1 Å². The SMILES string of the molecule is [2H]c1cc2c(c([2H])c1-c1c3c([2H])c([2H])c([2H])c([2H])c3c(-c3c([2H])c([2H])c(-c4c([2H])c([2H])c5oc6c([2H])c7c([2H])c([2H])c([2H])c([2H])c7c([2H])c6c5c4[2H])c([2H])c3[2H])c3c([2H])c([2H])c([2H])c([2H])c13)C(C)(C([2H])([2H])[2H])c1c([2H])c([2H])c([2H])c([2H])c1-2. The van der Waals surface area contributed by atoms with Crippen molar-refractivity contribution < 1.29 is 45.5 Å². The van der Waals surface area contributed by atoms with E-state index in [1.165, 1.54) is 0 Å². The summed E-state index contributed by atoms with van der Waals surface area (Å²) in [5.74, 6) is 0. The number of hydrogen-bond acceptors (Lipinski definition) is 1. The number of rotatable bonds is 3. The van der Waals surface area contributed by atoms with E-state index < -0.39 is 274 Å². The highest BCUT2D eigenvalue weighted by Gasteiger charge is 2.35. The Bertz CT molecular complexity index is 4660. The van der Waals surface area contributed by atoms with Gasteiger partial charge in [0.25, 0.3) is 0 Å². The van der Waals surface area contributed by atoms with Crippen molar-refractivity contribution in [2.24, 2.45) is 0 Å². The minimum absolute atomic E-state index is 0.285. The molecule has 1 nitrogen and oxygen atoms in total. The highest BCUT2D eigenvalue weighted by molar-refractivity contribution is 6.21. The van der Waals surface area contributed by atoms with E-state index in [0.29, 0.717) is 0 Å². The maximum absolute atomic E-state index is 9.95. The lowest BCUT2D eigenvalue weighted by molar-refractivity contribution is 0.660. The van der Waals surface area contributed by atoms with E-state index in [0.717, 1.165) is 13.0 Å². The molecule has 0 fully saturated rings. The average molecular weight is 693 g/mol. The van der Waals surface area contributed by atoms with E-state index in [4.69, 9.17) is 29.1 Å². The summed E-state index contributed by atoms with van der Waals surface area (Å²) in [5, 5.41) is -4.78. The van der Waals surface area contributed by atoms with Crippen molar-refractivity contribution in [3.8, 4) is 44.5 Å².